The van der Waals surface area contributed by atoms with Crippen LogP contribution in [0.2, 0.25) is 0 Å². The molecule has 0 spiro atoms. The molecule has 0 aliphatic heterocycles. The topological polar surface area (TPSA) is 14.0 Å². The van der Waals surface area contributed by atoms with Gasteiger partial charge in [0.15, 0.2) is 0 Å². The Bertz CT molecular complexity index is 33.2. The fourth-order valence-electron chi connectivity index (χ4n) is 0.289. The van der Waals surface area contributed by atoms with E-state index in [2.05, 4.69) is 25.1 Å². The van der Waals surface area contributed by atoms with E-state index in [1.165, 1.54) is 0 Å². The summed E-state index contributed by atoms with van der Waals surface area (Å²) in [5.41, 5.74) is 0. The van der Waals surface area contributed by atoms with E-state index < -0.39 is 0 Å². The van der Waals surface area contributed by atoms with Gasteiger partial charge in [-0.15, -0.1) is 0 Å². The minimum atomic E-state index is 1.05. The molecule has 0 atom stereocenters. The highest BCUT2D eigenvalue weighted by atomic mass is 14.9. The second-order valence-electron chi connectivity index (χ2n) is 1.17. The molecule has 0 saturated heterocycles. The van der Waals surface area contributed by atoms with E-state index in [9.17, 15) is 0 Å². The van der Waals surface area contributed by atoms with Crippen LogP contribution < -0.4 is 4.99 Å². The van der Waals surface area contributed by atoms with Gasteiger partial charge in [-0.2, -0.15) is 0 Å². The van der Waals surface area contributed by atoms with Gasteiger partial charge in [-0.25, -0.2) is 0 Å². The Balaban J connectivity index is 2.73. The van der Waals surface area contributed by atoms with Crippen LogP contribution in [-0.2, 0) is 0 Å². The molecule has 0 unspecified atom stereocenters. The highest BCUT2D eigenvalue weighted by molar-refractivity contribution is 5.48. The fraction of sp³-hybridized carbons (Fsp3) is 0.800. The van der Waals surface area contributed by atoms with Crippen LogP contribution in [0.25, 0.3) is 0 Å². The third-order valence-corrected chi connectivity index (χ3v) is 0.553. The Hall–Kier alpha value is -0.330. The average Bonchev–Trinajstić information content (AvgIpc) is 1.61. The Morgan fingerprint density at radius 3 is 2.33 bits per heavy atom. The van der Waals surface area contributed by atoms with Gasteiger partial charge in [-0.05, 0) is 6.92 Å². The zero-order valence-electron chi connectivity index (χ0n) is 4.49. The second kappa shape index (κ2) is 4.67. The maximum absolute atomic E-state index is 3.07. The molecule has 1 nitrogen and oxygen atoms in total. The summed E-state index contributed by atoms with van der Waals surface area (Å²) in [6.07, 6.45) is 3.17. The van der Waals surface area contributed by atoms with Crippen molar-refractivity contribution in [3.8, 4) is 0 Å². The van der Waals surface area contributed by atoms with Gasteiger partial charge in [0.25, 0.3) is 0 Å². The Labute approximate surface area is 39.1 Å². The molecule has 0 aromatic rings. The predicted molar refractivity (Wildman–Crippen MR) is 27.9 cm³/mol. The van der Waals surface area contributed by atoms with Gasteiger partial charge in [-0.1, -0.05) is 6.92 Å². The molecule has 0 aromatic heterocycles. The molecule has 0 bridgehead atoms. The van der Waals surface area contributed by atoms with Crippen molar-refractivity contribution in [1.82, 2.24) is 0 Å². The largest absolute Gasteiger partial charge is 0.252 e. The Morgan fingerprint density at radius 2 is 2.17 bits per heavy atom. The highest BCUT2D eigenvalue weighted by Gasteiger charge is 1.67. The van der Waals surface area contributed by atoms with Crippen LogP contribution in [0, 0.1) is 0 Å². The van der Waals surface area contributed by atoms with E-state index in [1.807, 2.05) is 0 Å². The fourth-order valence-corrected chi connectivity index (χ4v) is 0.289. The number of nitrogens with one attached hydrogen (secondary N) is 1. The minimum Gasteiger partial charge on any atom is -0.252 e. The lowest BCUT2D eigenvalue weighted by Gasteiger charge is -1.66. The summed E-state index contributed by atoms with van der Waals surface area (Å²) in [7, 11) is 0. The van der Waals surface area contributed by atoms with Gasteiger partial charge in [0.1, 0.15) is 12.8 Å². The SMILES string of the molecule is [13CH3]CC=[NH+][13CH2][13CH3]. The van der Waals surface area contributed by atoms with E-state index in [0.717, 1.165) is 13.0 Å². The zero-order valence-corrected chi connectivity index (χ0v) is 4.49. The van der Waals surface area contributed by atoms with Gasteiger partial charge in [-0.3, -0.25) is 4.99 Å². The normalized spacial score (nSPS) is 10.3. The number of hydrogen-bond acceptors (Lipinski definition) is 0. The third kappa shape index (κ3) is 3.67. The summed E-state index contributed by atoms with van der Waals surface area (Å²) < 4.78 is 0. The van der Waals surface area contributed by atoms with Crippen molar-refractivity contribution in [2.75, 3.05) is 6.54 Å². The smallest absolute Gasteiger partial charge is 0.137 e. The van der Waals surface area contributed by atoms with Gasteiger partial charge in [0.05, 0.1) is 0 Å². The molecular formula is C5H12N+. The standard InChI is InChI=1S/C5H11N/c1-3-5-6-4-2/h5H,3-4H2,1-2H3/p+1/i1+1,2+1,4+1. The quantitative estimate of drug-likeness (QED) is 0.348. The van der Waals surface area contributed by atoms with E-state index in [0.29, 0.717) is 0 Å². The summed E-state index contributed by atoms with van der Waals surface area (Å²) in [4.78, 5) is 3.07. The first-order chi connectivity index (χ1) is 2.91. The van der Waals surface area contributed by atoms with Crippen molar-refractivity contribution in [3.63, 3.8) is 0 Å². The molecule has 0 radical (unpaired) electrons. The molecule has 0 aromatic carbocycles. The van der Waals surface area contributed by atoms with E-state index in [-0.39, 0.29) is 0 Å². The van der Waals surface area contributed by atoms with Crippen molar-refractivity contribution < 1.29 is 4.99 Å². The van der Waals surface area contributed by atoms with Crippen molar-refractivity contribution >= 4 is 6.21 Å². The Morgan fingerprint density at radius 1 is 1.50 bits per heavy atom. The van der Waals surface area contributed by atoms with Crippen molar-refractivity contribution in [3.05, 3.63) is 0 Å². The molecule has 0 heterocycles. The van der Waals surface area contributed by atoms with Crippen LogP contribution in [0.5, 0.6) is 0 Å². The summed E-state index contributed by atoms with van der Waals surface area (Å²) in [6, 6.07) is 0. The lowest BCUT2D eigenvalue weighted by atomic mass is 10.7. The minimum absolute atomic E-state index is 1.05. The zero-order chi connectivity index (χ0) is 4.83. The van der Waals surface area contributed by atoms with Gasteiger partial charge in [0, 0.05) is 6.42 Å². The Kier molecular flexibility index (Phi) is 4.41. The number of rotatable bonds is 2. The first-order valence-corrected chi connectivity index (χ1v) is 2.46. The second-order valence-corrected chi connectivity index (χ2v) is 1.17. The van der Waals surface area contributed by atoms with Crippen LogP contribution in [0.3, 0.4) is 0 Å². The van der Waals surface area contributed by atoms with Crippen LogP contribution in [-0.4, -0.2) is 12.8 Å². The molecule has 6 heavy (non-hydrogen) atoms. The maximum atomic E-state index is 3.07. The molecule has 36 valence electrons. The van der Waals surface area contributed by atoms with Crippen molar-refractivity contribution in [2.24, 2.45) is 0 Å². The highest BCUT2D eigenvalue weighted by Crippen LogP contribution is 1.51. The summed E-state index contributed by atoms with van der Waals surface area (Å²) >= 11 is 0. The van der Waals surface area contributed by atoms with Crippen LogP contribution >= 0.6 is 0 Å². The van der Waals surface area contributed by atoms with Crippen LogP contribution in [0.1, 0.15) is 20.3 Å². The molecule has 1 heteroatoms. The molecule has 1 N–H and O–H groups in total. The lowest BCUT2D eigenvalue weighted by Crippen LogP contribution is -2.67. The van der Waals surface area contributed by atoms with Gasteiger partial charge >= 0.3 is 0 Å². The molecule has 0 aliphatic carbocycles. The first kappa shape index (κ1) is 5.67. The van der Waals surface area contributed by atoms with E-state index >= 15 is 0 Å². The van der Waals surface area contributed by atoms with Crippen molar-refractivity contribution in [2.45, 2.75) is 20.3 Å². The summed E-state index contributed by atoms with van der Waals surface area (Å²) in [5, 5.41) is 0. The lowest BCUT2D eigenvalue weighted by molar-refractivity contribution is -0.448. The molecule has 0 aliphatic rings. The third-order valence-electron chi connectivity index (χ3n) is 0.553. The maximum Gasteiger partial charge on any atom is 0.137 e. The van der Waals surface area contributed by atoms with Crippen LogP contribution in [0.4, 0.5) is 0 Å². The van der Waals surface area contributed by atoms with E-state index in [4.69, 9.17) is 0 Å². The molecular weight excluding hydrogens is 77.0 g/mol. The first-order valence-electron chi connectivity index (χ1n) is 2.46. The molecule has 0 fully saturated rings. The van der Waals surface area contributed by atoms with Gasteiger partial charge < -0.3 is 0 Å². The summed E-state index contributed by atoms with van der Waals surface area (Å²) in [6.45, 7) is 5.25. The van der Waals surface area contributed by atoms with E-state index in [1.54, 1.807) is 0 Å². The molecule has 0 rings (SSSR count). The molecule has 0 saturated carbocycles. The average molecular weight is 89.1 g/mol. The predicted octanol–water partition coefficient (Wildman–Crippen LogP) is -0.432. The van der Waals surface area contributed by atoms with Gasteiger partial charge in [0.2, 0.25) is 0 Å². The van der Waals surface area contributed by atoms with Crippen molar-refractivity contribution in [1.29, 1.82) is 0 Å². The monoisotopic (exact) mass is 89.1 g/mol. The summed E-state index contributed by atoms with van der Waals surface area (Å²) in [5.74, 6) is 0. The number of hydrogen-bond donors (Lipinski definition) is 1. The van der Waals surface area contributed by atoms with Crippen LogP contribution in [0.15, 0.2) is 0 Å². The molecule has 0 amide bonds.